The highest BCUT2D eigenvalue weighted by molar-refractivity contribution is 6.32. The summed E-state index contributed by atoms with van der Waals surface area (Å²) >= 11 is 6.03. The molecule has 134 valence electrons. The molecule has 1 atom stereocenters. The number of hydrogen-bond acceptors (Lipinski definition) is 5. The first-order chi connectivity index (χ1) is 11.6. The first-order valence-electron chi connectivity index (χ1n) is 7.42. The van der Waals surface area contributed by atoms with E-state index >= 15 is 0 Å². The predicted molar refractivity (Wildman–Crippen MR) is 90.9 cm³/mol. The van der Waals surface area contributed by atoms with Crippen molar-refractivity contribution in [3.8, 4) is 5.75 Å². The van der Waals surface area contributed by atoms with Gasteiger partial charge in [0.05, 0.1) is 17.7 Å². The normalized spacial score (nSPS) is 12.5. The zero-order valence-electron chi connectivity index (χ0n) is 14.3. The van der Waals surface area contributed by atoms with E-state index in [1.807, 2.05) is 20.8 Å². The van der Waals surface area contributed by atoms with Crippen molar-refractivity contribution in [2.45, 2.75) is 32.4 Å². The lowest BCUT2D eigenvalue weighted by atomic mass is 10.1. The van der Waals surface area contributed by atoms with Gasteiger partial charge in [0.15, 0.2) is 6.04 Å². The van der Waals surface area contributed by atoms with E-state index in [2.05, 4.69) is 15.4 Å². The topological polar surface area (TPSA) is 106 Å². The second-order valence-corrected chi connectivity index (χ2v) is 6.73. The smallest absolute Gasteiger partial charge is 0.330 e. The summed E-state index contributed by atoms with van der Waals surface area (Å²) in [5.41, 5.74) is -0.0387. The van der Waals surface area contributed by atoms with Crippen LogP contribution in [0.1, 0.15) is 43.0 Å². The van der Waals surface area contributed by atoms with Crippen molar-refractivity contribution in [1.29, 1.82) is 0 Å². The van der Waals surface area contributed by atoms with Gasteiger partial charge in [0.1, 0.15) is 12.1 Å². The van der Waals surface area contributed by atoms with Crippen LogP contribution in [-0.2, 0) is 10.3 Å². The number of rotatable bonds is 5. The third-order valence-corrected chi connectivity index (χ3v) is 3.71. The van der Waals surface area contributed by atoms with Gasteiger partial charge >= 0.3 is 5.97 Å². The largest absolute Gasteiger partial charge is 0.495 e. The molecule has 25 heavy (non-hydrogen) atoms. The van der Waals surface area contributed by atoms with E-state index in [9.17, 15) is 14.7 Å². The number of nitrogens with one attached hydrogen (secondary N) is 1. The molecule has 0 aliphatic rings. The SMILES string of the molecule is COc1ccc(C(NC(=O)c2ncn(C(C)(C)C)n2)C(=O)O)cc1Cl. The van der Waals surface area contributed by atoms with E-state index in [1.165, 1.54) is 36.3 Å². The second-order valence-electron chi connectivity index (χ2n) is 6.32. The fourth-order valence-electron chi connectivity index (χ4n) is 2.04. The van der Waals surface area contributed by atoms with Gasteiger partial charge in [-0.1, -0.05) is 17.7 Å². The summed E-state index contributed by atoms with van der Waals surface area (Å²) in [7, 11) is 1.45. The maximum absolute atomic E-state index is 12.3. The summed E-state index contributed by atoms with van der Waals surface area (Å²) in [5.74, 6) is -1.63. The third kappa shape index (κ3) is 4.27. The van der Waals surface area contributed by atoms with Crippen molar-refractivity contribution in [1.82, 2.24) is 20.1 Å². The molecule has 0 aliphatic heterocycles. The number of aromatic nitrogens is 3. The minimum Gasteiger partial charge on any atom is -0.495 e. The summed E-state index contributed by atoms with van der Waals surface area (Å²) in [6.07, 6.45) is 1.43. The number of aliphatic carboxylic acids is 1. The molecule has 1 amide bonds. The Labute approximate surface area is 149 Å². The molecule has 0 fully saturated rings. The van der Waals surface area contributed by atoms with E-state index in [4.69, 9.17) is 16.3 Å². The molecule has 1 aromatic carbocycles. The lowest BCUT2D eigenvalue weighted by Gasteiger charge is -2.18. The summed E-state index contributed by atoms with van der Waals surface area (Å²) in [6, 6.07) is 3.19. The van der Waals surface area contributed by atoms with Gasteiger partial charge in [0, 0.05) is 0 Å². The van der Waals surface area contributed by atoms with Crippen LogP contribution < -0.4 is 10.1 Å². The standard InChI is InChI=1S/C16H19ClN4O4/c1-16(2,3)21-8-18-13(20-21)14(22)19-12(15(23)24)9-5-6-11(25-4)10(17)7-9/h5-8,12H,1-4H3,(H,19,22)(H,23,24). The highest BCUT2D eigenvalue weighted by atomic mass is 35.5. The number of methoxy groups -OCH3 is 1. The molecule has 2 rings (SSSR count). The van der Waals surface area contributed by atoms with Gasteiger partial charge in [0.2, 0.25) is 5.82 Å². The number of benzene rings is 1. The van der Waals surface area contributed by atoms with Crippen molar-refractivity contribution >= 4 is 23.5 Å². The average molecular weight is 367 g/mol. The number of carboxylic acids is 1. The summed E-state index contributed by atoms with van der Waals surface area (Å²) in [6.45, 7) is 5.72. The van der Waals surface area contributed by atoms with Gasteiger partial charge in [0.25, 0.3) is 5.91 Å². The Balaban J connectivity index is 2.24. The van der Waals surface area contributed by atoms with Crippen LogP contribution in [0, 0.1) is 0 Å². The van der Waals surface area contributed by atoms with Gasteiger partial charge in [-0.25, -0.2) is 14.5 Å². The van der Waals surface area contributed by atoms with Crippen LogP contribution >= 0.6 is 11.6 Å². The minimum absolute atomic E-state index is 0.110. The Morgan fingerprint density at radius 3 is 2.52 bits per heavy atom. The number of carbonyl (C=O) groups is 2. The average Bonchev–Trinajstić information content (AvgIpc) is 3.02. The molecule has 8 nitrogen and oxygen atoms in total. The zero-order chi connectivity index (χ0) is 18.8. The summed E-state index contributed by atoms with van der Waals surface area (Å²) in [5, 5.41) is 16.2. The molecule has 2 aromatic rings. The Hall–Kier alpha value is -2.61. The number of hydrogen-bond donors (Lipinski definition) is 2. The Morgan fingerprint density at radius 1 is 1.36 bits per heavy atom. The molecule has 9 heteroatoms. The van der Waals surface area contributed by atoms with Crippen molar-refractivity contribution < 1.29 is 19.4 Å². The molecule has 0 aliphatic carbocycles. The van der Waals surface area contributed by atoms with Crippen LogP contribution in [0.5, 0.6) is 5.75 Å². The zero-order valence-corrected chi connectivity index (χ0v) is 15.0. The Bertz CT molecular complexity index is 798. The second kappa shape index (κ2) is 7.10. The number of ether oxygens (including phenoxy) is 1. The summed E-state index contributed by atoms with van der Waals surface area (Å²) < 4.78 is 6.57. The monoisotopic (exact) mass is 366 g/mol. The van der Waals surface area contributed by atoms with E-state index in [0.29, 0.717) is 11.3 Å². The van der Waals surface area contributed by atoms with Gasteiger partial charge in [-0.05, 0) is 38.5 Å². The first kappa shape index (κ1) is 18.7. The van der Waals surface area contributed by atoms with Crippen LogP contribution in [0.15, 0.2) is 24.5 Å². The molecule has 2 N–H and O–H groups in total. The van der Waals surface area contributed by atoms with Crippen molar-refractivity contribution in [2.75, 3.05) is 7.11 Å². The lowest BCUT2D eigenvalue weighted by Crippen LogP contribution is -2.34. The van der Waals surface area contributed by atoms with Crippen molar-refractivity contribution in [3.63, 3.8) is 0 Å². The number of nitrogens with zero attached hydrogens (tertiary/aromatic N) is 3. The fourth-order valence-corrected chi connectivity index (χ4v) is 2.30. The molecule has 0 bridgehead atoms. The minimum atomic E-state index is -1.29. The molecular formula is C16H19ClN4O4. The highest BCUT2D eigenvalue weighted by Crippen LogP contribution is 2.28. The lowest BCUT2D eigenvalue weighted by molar-refractivity contribution is -0.139. The van der Waals surface area contributed by atoms with E-state index in [1.54, 1.807) is 0 Å². The molecule has 0 saturated carbocycles. The van der Waals surface area contributed by atoms with Crippen LogP contribution in [0.25, 0.3) is 0 Å². The highest BCUT2D eigenvalue weighted by Gasteiger charge is 2.26. The Morgan fingerprint density at radius 2 is 2.04 bits per heavy atom. The van der Waals surface area contributed by atoms with Gasteiger partial charge < -0.3 is 15.2 Å². The van der Waals surface area contributed by atoms with Crippen LogP contribution in [0.3, 0.4) is 0 Å². The predicted octanol–water partition coefficient (Wildman–Crippen LogP) is 2.25. The number of carboxylic acid groups (broad SMARTS) is 1. The fraction of sp³-hybridized carbons (Fsp3) is 0.375. The van der Waals surface area contributed by atoms with E-state index < -0.39 is 17.9 Å². The van der Waals surface area contributed by atoms with Gasteiger partial charge in [-0.3, -0.25) is 4.79 Å². The van der Waals surface area contributed by atoms with E-state index in [-0.39, 0.29) is 16.4 Å². The molecule has 0 saturated heterocycles. The maximum atomic E-state index is 12.3. The van der Waals surface area contributed by atoms with Crippen LogP contribution in [0.2, 0.25) is 5.02 Å². The molecule has 1 aromatic heterocycles. The van der Waals surface area contributed by atoms with Gasteiger partial charge in [-0.15, -0.1) is 5.10 Å². The van der Waals surface area contributed by atoms with Crippen molar-refractivity contribution in [2.24, 2.45) is 0 Å². The maximum Gasteiger partial charge on any atom is 0.330 e. The van der Waals surface area contributed by atoms with Crippen LogP contribution in [-0.4, -0.2) is 38.9 Å². The molecule has 0 spiro atoms. The summed E-state index contributed by atoms with van der Waals surface area (Å²) in [4.78, 5) is 27.8. The number of carbonyl (C=O) groups excluding carboxylic acids is 1. The van der Waals surface area contributed by atoms with Crippen LogP contribution in [0.4, 0.5) is 0 Å². The number of amides is 1. The molecule has 0 radical (unpaired) electrons. The Kier molecular flexibility index (Phi) is 5.32. The quantitative estimate of drug-likeness (QED) is 0.840. The third-order valence-electron chi connectivity index (χ3n) is 3.41. The molecule has 1 heterocycles. The number of halogens is 1. The van der Waals surface area contributed by atoms with Gasteiger partial charge in [-0.2, -0.15) is 0 Å². The molecule has 1 unspecified atom stereocenters. The van der Waals surface area contributed by atoms with Crippen molar-refractivity contribution in [3.05, 3.63) is 40.9 Å². The first-order valence-corrected chi connectivity index (χ1v) is 7.80. The molecular weight excluding hydrogens is 348 g/mol. The van der Waals surface area contributed by atoms with E-state index in [0.717, 1.165) is 0 Å².